The fraction of sp³-hybridized carbons (Fsp3) is 0.312. The highest BCUT2D eigenvalue weighted by Gasteiger charge is 2.20. The van der Waals surface area contributed by atoms with Crippen molar-refractivity contribution in [3.8, 4) is 11.3 Å². The summed E-state index contributed by atoms with van der Waals surface area (Å²) in [6, 6.07) is 6.31. The number of ether oxygens (including phenoxy) is 1. The van der Waals surface area contributed by atoms with Crippen LogP contribution in [0.25, 0.3) is 11.3 Å². The second-order valence-corrected chi connectivity index (χ2v) is 8.34. The second-order valence-electron chi connectivity index (χ2n) is 5.84. The maximum absolute atomic E-state index is 12.2. The van der Waals surface area contributed by atoms with Gasteiger partial charge in [0.1, 0.15) is 17.6 Å². The van der Waals surface area contributed by atoms with Gasteiger partial charge in [-0.3, -0.25) is 5.43 Å². The van der Waals surface area contributed by atoms with Crippen molar-refractivity contribution in [1.82, 2.24) is 15.4 Å². The van der Waals surface area contributed by atoms with Crippen molar-refractivity contribution < 1.29 is 17.9 Å². The van der Waals surface area contributed by atoms with Crippen LogP contribution in [0.3, 0.4) is 0 Å². The minimum absolute atomic E-state index is 0.116. The molecule has 26 heavy (non-hydrogen) atoms. The molecule has 9 nitrogen and oxygen atoms in total. The summed E-state index contributed by atoms with van der Waals surface area (Å²) in [7, 11) is -3.35. The second kappa shape index (κ2) is 7.67. The summed E-state index contributed by atoms with van der Waals surface area (Å²) in [5, 5.41) is -0.511. The zero-order valence-corrected chi connectivity index (χ0v) is 15.4. The van der Waals surface area contributed by atoms with Crippen molar-refractivity contribution in [1.29, 1.82) is 0 Å². The van der Waals surface area contributed by atoms with Gasteiger partial charge >= 0.3 is 6.09 Å². The summed E-state index contributed by atoms with van der Waals surface area (Å²) in [5.74, 6) is 5.10. The van der Waals surface area contributed by atoms with Crippen molar-refractivity contribution in [2.75, 3.05) is 5.73 Å². The quantitative estimate of drug-likeness (QED) is 0.402. The lowest BCUT2D eigenvalue weighted by Crippen LogP contribution is -2.31. The first-order valence-corrected chi connectivity index (χ1v) is 9.35. The number of hydrogen-bond acceptors (Lipinski definition) is 8. The van der Waals surface area contributed by atoms with E-state index in [0.29, 0.717) is 11.3 Å². The highest BCUT2D eigenvalue weighted by molar-refractivity contribution is 7.92. The molecule has 0 aliphatic carbocycles. The number of sulfone groups is 1. The Morgan fingerprint density at radius 2 is 1.81 bits per heavy atom. The van der Waals surface area contributed by atoms with E-state index in [4.69, 9.17) is 16.3 Å². The molecule has 0 aliphatic heterocycles. The van der Waals surface area contributed by atoms with E-state index in [-0.39, 0.29) is 16.4 Å². The predicted octanol–water partition coefficient (Wildman–Crippen LogP) is 1.57. The number of aromatic nitrogens is 2. The number of hydrogen-bond donors (Lipinski definition) is 3. The first kappa shape index (κ1) is 19.6. The van der Waals surface area contributed by atoms with Crippen LogP contribution in [-0.2, 0) is 14.6 Å². The Labute approximate surface area is 151 Å². The molecule has 1 aromatic carbocycles. The van der Waals surface area contributed by atoms with Crippen LogP contribution >= 0.6 is 0 Å². The molecule has 1 amide bonds. The van der Waals surface area contributed by atoms with Gasteiger partial charge in [-0.2, -0.15) is 0 Å². The number of anilines is 1. The van der Waals surface area contributed by atoms with Crippen LogP contribution < -0.4 is 17.0 Å². The van der Waals surface area contributed by atoms with Crippen molar-refractivity contribution >= 4 is 21.7 Å². The molecule has 0 saturated heterocycles. The summed E-state index contributed by atoms with van der Waals surface area (Å²) < 4.78 is 29.4. The van der Waals surface area contributed by atoms with Gasteiger partial charge in [-0.15, -0.1) is 0 Å². The van der Waals surface area contributed by atoms with E-state index < -0.39 is 27.3 Å². The first-order valence-electron chi connectivity index (χ1n) is 7.80. The van der Waals surface area contributed by atoms with Crippen LogP contribution in [0.4, 0.5) is 10.6 Å². The minimum atomic E-state index is -3.35. The highest BCUT2D eigenvalue weighted by atomic mass is 32.2. The van der Waals surface area contributed by atoms with Gasteiger partial charge in [0.25, 0.3) is 0 Å². The van der Waals surface area contributed by atoms with Gasteiger partial charge < -0.3 is 10.5 Å². The van der Waals surface area contributed by atoms with Gasteiger partial charge in [-0.1, -0.05) is 12.1 Å². The Hall–Kier alpha value is -2.72. The Balaban J connectivity index is 2.35. The Morgan fingerprint density at radius 3 is 2.35 bits per heavy atom. The molecule has 1 aromatic heterocycles. The van der Waals surface area contributed by atoms with E-state index in [1.807, 2.05) is 5.43 Å². The summed E-state index contributed by atoms with van der Waals surface area (Å²) in [4.78, 5) is 19.9. The Bertz CT molecular complexity index is 897. The molecule has 0 spiro atoms. The standard InChI is InChI=1S/C16H21N5O4S/c1-9(2)26(23,24)12-6-4-11(5-7-12)13-8-19-15(17)14(20-13)10(3)25-16(22)21-18/h4-10H,18H2,1-3H3,(H2,17,19)(H,21,22). The van der Waals surface area contributed by atoms with Crippen LogP contribution in [0, 0.1) is 0 Å². The minimum Gasteiger partial charge on any atom is -0.439 e. The lowest BCUT2D eigenvalue weighted by Gasteiger charge is -2.15. The van der Waals surface area contributed by atoms with Crippen LogP contribution in [0.2, 0.25) is 0 Å². The molecule has 1 heterocycles. The third-order valence-electron chi connectivity index (χ3n) is 3.72. The number of carbonyl (C=O) groups is 1. The van der Waals surface area contributed by atoms with Crippen LogP contribution in [0.5, 0.6) is 0 Å². The van der Waals surface area contributed by atoms with Gasteiger partial charge in [-0.25, -0.2) is 29.0 Å². The van der Waals surface area contributed by atoms with Crippen molar-refractivity contribution in [3.05, 3.63) is 36.2 Å². The van der Waals surface area contributed by atoms with Crippen LogP contribution in [-0.4, -0.2) is 29.7 Å². The number of nitrogens with one attached hydrogen (secondary N) is 1. The van der Waals surface area contributed by atoms with E-state index >= 15 is 0 Å². The molecule has 5 N–H and O–H groups in total. The average molecular weight is 379 g/mol. The molecule has 1 unspecified atom stereocenters. The molecule has 0 fully saturated rings. The van der Waals surface area contributed by atoms with Crippen LogP contribution in [0.1, 0.15) is 32.6 Å². The van der Waals surface area contributed by atoms with Gasteiger partial charge in [0.05, 0.1) is 22.0 Å². The maximum atomic E-state index is 12.2. The normalized spacial score (nSPS) is 12.7. The predicted molar refractivity (Wildman–Crippen MR) is 96.4 cm³/mol. The lowest BCUT2D eigenvalue weighted by molar-refractivity contribution is 0.105. The summed E-state index contributed by atoms with van der Waals surface area (Å²) in [6.07, 6.45) is -0.139. The molecule has 2 aromatic rings. The topological polar surface area (TPSA) is 150 Å². The number of rotatable bonds is 5. The summed E-state index contributed by atoms with van der Waals surface area (Å²) in [6.45, 7) is 4.83. The summed E-state index contributed by atoms with van der Waals surface area (Å²) >= 11 is 0. The lowest BCUT2D eigenvalue weighted by atomic mass is 10.1. The van der Waals surface area contributed by atoms with Crippen LogP contribution in [0.15, 0.2) is 35.4 Å². The fourth-order valence-corrected chi connectivity index (χ4v) is 3.25. The summed E-state index contributed by atoms with van der Waals surface area (Å²) in [5.41, 5.74) is 9.04. The number of nitrogen functional groups attached to an aromatic ring is 1. The van der Waals surface area contributed by atoms with E-state index in [9.17, 15) is 13.2 Å². The molecule has 0 saturated carbocycles. The molecule has 0 radical (unpaired) electrons. The zero-order chi connectivity index (χ0) is 19.5. The number of hydrazine groups is 1. The van der Waals surface area contributed by atoms with Crippen molar-refractivity contribution in [2.24, 2.45) is 5.84 Å². The van der Waals surface area contributed by atoms with E-state index in [1.165, 1.54) is 18.3 Å². The average Bonchev–Trinajstić information content (AvgIpc) is 2.61. The van der Waals surface area contributed by atoms with Crippen molar-refractivity contribution in [3.63, 3.8) is 0 Å². The van der Waals surface area contributed by atoms with Gasteiger partial charge in [0, 0.05) is 5.56 Å². The molecule has 2 rings (SSSR count). The van der Waals surface area contributed by atoms with E-state index in [2.05, 4.69) is 9.97 Å². The Morgan fingerprint density at radius 1 is 1.19 bits per heavy atom. The smallest absolute Gasteiger partial charge is 0.422 e. The van der Waals surface area contributed by atoms with Gasteiger partial charge in [-0.05, 0) is 32.9 Å². The number of carbonyl (C=O) groups excluding carboxylic acids is 1. The first-order chi connectivity index (χ1) is 12.2. The molecule has 1 atom stereocenters. The molecular formula is C16H21N5O4S. The largest absolute Gasteiger partial charge is 0.439 e. The molecular weight excluding hydrogens is 358 g/mol. The SMILES string of the molecule is CC(OC(=O)NN)c1nc(-c2ccc(S(=O)(=O)C(C)C)cc2)cnc1N. The molecule has 0 aliphatic rings. The van der Waals surface area contributed by atoms with Crippen molar-refractivity contribution in [2.45, 2.75) is 37.0 Å². The molecule has 140 valence electrons. The number of nitrogens with two attached hydrogens (primary N) is 2. The Kier molecular flexibility index (Phi) is 5.78. The van der Waals surface area contributed by atoms with Gasteiger partial charge in [0.15, 0.2) is 9.84 Å². The monoisotopic (exact) mass is 379 g/mol. The number of nitrogens with zero attached hydrogens (tertiary/aromatic N) is 2. The molecule has 10 heteroatoms. The zero-order valence-electron chi connectivity index (χ0n) is 14.6. The third-order valence-corrected chi connectivity index (χ3v) is 5.89. The maximum Gasteiger partial charge on any atom is 0.422 e. The molecule has 0 bridgehead atoms. The fourth-order valence-electron chi connectivity index (χ4n) is 2.19. The highest BCUT2D eigenvalue weighted by Crippen LogP contribution is 2.25. The van der Waals surface area contributed by atoms with E-state index in [0.717, 1.165) is 0 Å². The number of amides is 1. The van der Waals surface area contributed by atoms with E-state index in [1.54, 1.807) is 32.9 Å². The van der Waals surface area contributed by atoms with Gasteiger partial charge in [0.2, 0.25) is 0 Å². The third kappa shape index (κ3) is 4.09. The number of benzene rings is 1.